The number of nitrogens with one attached hydrogen (secondary N) is 1. The number of rotatable bonds is 2. The highest BCUT2D eigenvalue weighted by atomic mass is 35.5. The topological polar surface area (TPSA) is 41.0 Å². The van der Waals surface area contributed by atoms with Gasteiger partial charge in [0.15, 0.2) is 0 Å². The molecule has 1 aliphatic rings. The third-order valence-corrected chi connectivity index (χ3v) is 2.91. The van der Waals surface area contributed by atoms with Crippen LogP contribution in [0.2, 0.25) is 5.15 Å². The predicted octanol–water partition coefficient (Wildman–Crippen LogP) is 1.64. The number of aromatic nitrogens is 2. The molecule has 0 aromatic carbocycles. The summed E-state index contributed by atoms with van der Waals surface area (Å²) >= 11 is 5.79. The molecule has 4 nitrogen and oxygen atoms in total. The minimum atomic E-state index is 0.487. The molecule has 1 aromatic heterocycles. The largest absolute Gasteiger partial charge is 0.367 e. The van der Waals surface area contributed by atoms with Gasteiger partial charge in [0.1, 0.15) is 17.3 Å². The van der Waals surface area contributed by atoms with Crippen LogP contribution in [0.15, 0.2) is 12.4 Å². The van der Waals surface area contributed by atoms with Crippen molar-refractivity contribution in [2.24, 2.45) is 0 Å². The number of halogens is 1. The van der Waals surface area contributed by atoms with Crippen LogP contribution in [0.5, 0.6) is 0 Å². The molecule has 0 bridgehead atoms. The molecule has 0 aliphatic carbocycles. The molecule has 0 unspecified atom stereocenters. The summed E-state index contributed by atoms with van der Waals surface area (Å²) in [6.07, 6.45) is 3.79. The lowest BCUT2D eigenvalue weighted by Crippen LogP contribution is -2.36. The van der Waals surface area contributed by atoms with Crippen LogP contribution in [0.3, 0.4) is 0 Å². The van der Waals surface area contributed by atoms with Crippen LogP contribution >= 0.6 is 11.6 Å². The molecule has 82 valence electrons. The second-order valence-corrected chi connectivity index (χ2v) is 4.34. The van der Waals surface area contributed by atoms with Gasteiger partial charge in [0, 0.05) is 12.1 Å². The normalized spacial score (nSPS) is 19.1. The van der Waals surface area contributed by atoms with E-state index in [0.717, 1.165) is 31.7 Å². The van der Waals surface area contributed by atoms with Crippen LogP contribution in [0.1, 0.15) is 12.8 Å². The number of likely N-dealkylation sites (tertiary alicyclic amines) is 1. The maximum absolute atomic E-state index is 5.79. The van der Waals surface area contributed by atoms with Gasteiger partial charge in [-0.3, -0.25) is 0 Å². The molecule has 2 rings (SSSR count). The maximum Gasteiger partial charge on any atom is 0.134 e. The molecule has 15 heavy (non-hydrogen) atoms. The third kappa shape index (κ3) is 3.04. The predicted molar refractivity (Wildman–Crippen MR) is 61.2 cm³/mol. The highest BCUT2D eigenvalue weighted by Gasteiger charge is 2.16. The second kappa shape index (κ2) is 4.77. The molecule has 0 atom stereocenters. The summed E-state index contributed by atoms with van der Waals surface area (Å²) < 4.78 is 0. The Morgan fingerprint density at radius 1 is 1.40 bits per heavy atom. The monoisotopic (exact) mass is 226 g/mol. The van der Waals surface area contributed by atoms with Crippen molar-refractivity contribution < 1.29 is 0 Å². The van der Waals surface area contributed by atoms with Crippen LogP contribution < -0.4 is 5.32 Å². The van der Waals surface area contributed by atoms with Crippen molar-refractivity contribution in [1.82, 2.24) is 14.9 Å². The van der Waals surface area contributed by atoms with E-state index in [-0.39, 0.29) is 0 Å². The molecule has 0 amide bonds. The first kappa shape index (κ1) is 10.6. The fourth-order valence-electron chi connectivity index (χ4n) is 1.77. The van der Waals surface area contributed by atoms with Gasteiger partial charge in [-0.2, -0.15) is 0 Å². The molecule has 5 heteroatoms. The lowest BCUT2D eigenvalue weighted by molar-refractivity contribution is 0.263. The molecule has 1 aliphatic heterocycles. The third-order valence-electron chi connectivity index (χ3n) is 2.70. The first-order chi connectivity index (χ1) is 7.24. The molecule has 2 heterocycles. The van der Waals surface area contributed by atoms with Gasteiger partial charge in [-0.25, -0.2) is 9.97 Å². The van der Waals surface area contributed by atoms with E-state index in [2.05, 4.69) is 27.2 Å². The smallest absolute Gasteiger partial charge is 0.134 e. The van der Waals surface area contributed by atoms with E-state index in [1.165, 1.54) is 6.33 Å². The van der Waals surface area contributed by atoms with E-state index >= 15 is 0 Å². The van der Waals surface area contributed by atoms with E-state index in [9.17, 15) is 0 Å². The fraction of sp³-hybridized carbons (Fsp3) is 0.600. The minimum absolute atomic E-state index is 0.487. The highest BCUT2D eigenvalue weighted by Crippen LogP contribution is 2.15. The molecule has 0 spiro atoms. The van der Waals surface area contributed by atoms with Crippen molar-refractivity contribution in [3.8, 4) is 0 Å². The molecular formula is C10H15ClN4. The summed E-state index contributed by atoms with van der Waals surface area (Å²) in [6.45, 7) is 2.27. The molecule has 0 saturated carbocycles. The Morgan fingerprint density at radius 2 is 2.13 bits per heavy atom. The first-order valence-electron chi connectivity index (χ1n) is 5.16. The Balaban J connectivity index is 1.92. The van der Waals surface area contributed by atoms with E-state index in [4.69, 9.17) is 11.6 Å². The summed E-state index contributed by atoms with van der Waals surface area (Å²) in [5.74, 6) is 0.824. The van der Waals surface area contributed by atoms with Gasteiger partial charge in [-0.15, -0.1) is 0 Å². The second-order valence-electron chi connectivity index (χ2n) is 3.95. The molecular weight excluding hydrogens is 212 g/mol. The fourth-order valence-corrected chi connectivity index (χ4v) is 1.92. The Morgan fingerprint density at radius 3 is 2.80 bits per heavy atom. The van der Waals surface area contributed by atoms with E-state index in [0.29, 0.717) is 11.2 Å². The van der Waals surface area contributed by atoms with Gasteiger partial charge < -0.3 is 10.2 Å². The Kier molecular flexibility index (Phi) is 3.38. The maximum atomic E-state index is 5.79. The molecule has 1 aromatic rings. The standard InChI is InChI=1S/C10H15ClN4/c1-15-4-2-8(3-5-15)14-10-6-9(11)12-7-13-10/h6-8H,2-5H2,1H3,(H,12,13,14). The summed E-state index contributed by atoms with van der Waals surface area (Å²) in [6, 6.07) is 2.27. The van der Waals surface area contributed by atoms with E-state index in [1.54, 1.807) is 6.07 Å². The quantitative estimate of drug-likeness (QED) is 0.779. The Hall–Kier alpha value is -0.870. The van der Waals surface area contributed by atoms with Gasteiger partial charge >= 0.3 is 0 Å². The van der Waals surface area contributed by atoms with Crippen molar-refractivity contribution in [3.05, 3.63) is 17.5 Å². The molecule has 1 N–H and O–H groups in total. The Labute approximate surface area is 94.7 Å². The lowest BCUT2D eigenvalue weighted by atomic mass is 10.1. The SMILES string of the molecule is CN1CCC(Nc2cc(Cl)ncn2)CC1. The van der Waals surface area contributed by atoms with Crippen molar-refractivity contribution in [2.45, 2.75) is 18.9 Å². The highest BCUT2D eigenvalue weighted by molar-refractivity contribution is 6.29. The molecule has 0 radical (unpaired) electrons. The average Bonchev–Trinajstić information content (AvgIpc) is 2.22. The Bertz CT molecular complexity index is 323. The van der Waals surface area contributed by atoms with Gasteiger partial charge in [0.25, 0.3) is 0 Å². The number of hydrogen-bond acceptors (Lipinski definition) is 4. The van der Waals surface area contributed by atoms with Crippen LogP contribution in [0.25, 0.3) is 0 Å². The summed E-state index contributed by atoms with van der Waals surface area (Å²) in [7, 11) is 2.15. The zero-order valence-corrected chi connectivity index (χ0v) is 9.54. The average molecular weight is 227 g/mol. The molecule has 1 saturated heterocycles. The van der Waals surface area contributed by atoms with Gasteiger partial charge in [0.05, 0.1) is 0 Å². The summed E-state index contributed by atoms with van der Waals surface area (Å²) in [5, 5.41) is 3.87. The number of piperidine rings is 1. The van der Waals surface area contributed by atoms with Gasteiger partial charge in [-0.05, 0) is 33.0 Å². The summed E-state index contributed by atoms with van der Waals surface area (Å²) in [5.41, 5.74) is 0. The van der Waals surface area contributed by atoms with Gasteiger partial charge in [-0.1, -0.05) is 11.6 Å². The van der Waals surface area contributed by atoms with E-state index in [1.807, 2.05) is 0 Å². The number of hydrogen-bond donors (Lipinski definition) is 1. The van der Waals surface area contributed by atoms with Crippen molar-refractivity contribution in [2.75, 3.05) is 25.5 Å². The summed E-state index contributed by atoms with van der Waals surface area (Å²) in [4.78, 5) is 10.3. The van der Waals surface area contributed by atoms with Crippen molar-refractivity contribution in [3.63, 3.8) is 0 Å². The zero-order valence-electron chi connectivity index (χ0n) is 8.78. The molecule has 1 fully saturated rings. The zero-order chi connectivity index (χ0) is 10.7. The van der Waals surface area contributed by atoms with Crippen molar-refractivity contribution >= 4 is 17.4 Å². The number of anilines is 1. The first-order valence-corrected chi connectivity index (χ1v) is 5.54. The lowest BCUT2D eigenvalue weighted by Gasteiger charge is -2.29. The van der Waals surface area contributed by atoms with Gasteiger partial charge in [0.2, 0.25) is 0 Å². The van der Waals surface area contributed by atoms with Crippen LogP contribution in [0.4, 0.5) is 5.82 Å². The van der Waals surface area contributed by atoms with Crippen LogP contribution in [0, 0.1) is 0 Å². The van der Waals surface area contributed by atoms with Crippen molar-refractivity contribution in [1.29, 1.82) is 0 Å². The van der Waals surface area contributed by atoms with Crippen LogP contribution in [-0.4, -0.2) is 41.0 Å². The minimum Gasteiger partial charge on any atom is -0.367 e. The van der Waals surface area contributed by atoms with E-state index < -0.39 is 0 Å². The number of nitrogens with zero attached hydrogens (tertiary/aromatic N) is 3. The van der Waals surface area contributed by atoms with Crippen LogP contribution in [-0.2, 0) is 0 Å².